The number of hydrogen-bond donors (Lipinski definition) is 1. The van der Waals surface area contributed by atoms with Gasteiger partial charge in [0, 0.05) is 12.1 Å². The highest BCUT2D eigenvalue weighted by Crippen LogP contribution is 2.30. The van der Waals surface area contributed by atoms with E-state index in [1.807, 2.05) is 0 Å². The number of phenols is 1. The van der Waals surface area contributed by atoms with Gasteiger partial charge in [-0.3, -0.25) is 0 Å². The minimum atomic E-state index is -0.549. The largest absolute Gasteiger partial charge is 0.504 e. The Kier molecular flexibility index (Phi) is 5.08. The van der Waals surface area contributed by atoms with Crippen molar-refractivity contribution in [3.63, 3.8) is 0 Å². The molecule has 0 saturated heterocycles. The normalized spacial score (nSPS) is 10.3. The third-order valence-corrected chi connectivity index (χ3v) is 3.79. The Labute approximate surface area is 155 Å². The van der Waals surface area contributed by atoms with Crippen LogP contribution in [0.3, 0.4) is 0 Å². The Morgan fingerprint density at radius 2 is 1.59 bits per heavy atom. The second-order valence-corrected chi connectivity index (χ2v) is 5.57. The standard InChI is InChI=1S/C21H16O6/c1-3-20(23)26-16-7-6-13-10-15(5-4-14(13)11-16)21(24)27-17-8-9-18(22)19(12-17)25-2/h3-12,22H,1H2,2H3. The topological polar surface area (TPSA) is 82.1 Å². The molecule has 0 unspecified atom stereocenters. The van der Waals surface area contributed by atoms with Gasteiger partial charge in [-0.1, -0.05) is 18.7 Å². The quantitative estimate of drug-likeness (QED) is 0.420. The molecule has 0 atom stereocenters. The summed E-state index contributed by atoms with van der Waals surface area (Å²) in [4.78, 5) is 23.7. The zero-order valence-electron chi connectivity index (χ0n) is 14.5. The average molecular weight is 364 g/mol. The molecule has 0 spiro atoms. The van der Waals surface area contributed by atoms with Crippen LogP contribution in [0.1, 0.15) is 10.4 Å². The summed E-state index contributed by atoms with van der Waals surface area (Å²) < 4.78 is 15.4. The van der Waals surface area contributed by atoms with Crippen LogP contribution in [-0.2, 0) is 4.79 Å². The van der Waals surface area contributed by atoms with Crippen molar-refractivity contribution in [1.29, 1.82) is 0 Å². The molecule has 0 aliphatic heterocycles. The molecule has 0 heterocycles. The molecule has 1 N–H and O–H groups in total. The molecular weight excluding hydrogens is 348 g/mol. The lowest BCUT2D eigenvalue weighted by molar-refractivity contribution is -0.128. The Bertz CT molecular complexity index is 1040. The lowest BCUT2D eigenvalue weighted by Crippen LogP contribution is -2.08. The lowest BCUT2D eigenvalue weighted by Gasteiger charge is -2.09. The van der Waals surface area contributed by atoms with E-state index in [1.165, 1.54) is 25.3 Å². The molecule has 6 heteroatoms. The Hall–Kier alpha value is -3.80. The highest BCUT2D eigenvalue weighted by Gasteiger charge is 2.12. The average Bonchev–Trinajstić information content (AvgIpc) is 2.68. The molecule has 3 rings (SSSR count). The number of aromatic hydroxyl groups is 1. The van der Waals surface area contributed by atoms with Crippen LogP contribution >= 0.6 is 0 Å². The van der Waals surface area contributed by atoms with Gasteiger partial charge in [0.15, 0.2) is 11.5 Å². The third kappa shape index (κ3) is 4.07. The Morgan fingerprint density at radius 1 is 0.926 bits per heavy atom. The second-order valence-electron chi connectivity index (χ2n) is 5.57. The van der Waals surface area contributed by atoms with Crippen molar-refractivity contribution in [3.8, 4) is 23.0 Å². The Morgan fingerprint density at radius 3 is 2.33 bits per heavy atom. The number of rotatable bonds is 5. The van der Waals surface area contributed by atoms with Crippen molar-refractivity contribution < 1.29 is 28.9 Å². The van der Waals surface area contributed by atoms with Crippen LogP contribution in [-0.4, -0.2) is 24.2 Å². The van der Waals surface area contributed by atoms with E-state index >= 15 is 0 Å². The van der Waals surface area contributed by atoms with Gasteiger partial charge < -0.3 is 19.3 Å². The van der Waals surface area contributed by atoms with E-state index in [9.17, 15) is 14.7 Å². The molecule has 0 bridgehead atoms. The first-order valence-corrected chi connectivity index (χ1v) is 7.97. The molecule has 0 radical (unpaired) electrons. The number of benzene rings is 3. The smallest absolute Gasteiger partial charge is 0.343 e. The summed E-state index contributed by atoms with van der Waals surface area (Å²) in [5.41, 5.74) is 0.352. The number of carbonyl (C=O) groups excluding carboxylic acids is 2. The van der Waals surface area contributed by atoms with E-state index < -0.39 is 11.9 Å². The first kappa shape index (κ1) is 18.0. The first-order chi connectivity index (χ1) is 13.0. The molecule has 3 aromatic carbocycles. The highest BCUT2D eigenvalue weighted by molar-refractivity contribution is 5.97. The second kappa shape index (κ2) is 7.61. The van der Waals surface area contributed by atoms with Gasteiger partial charge in [0.1, 0.15) is 11.5 Å². The molecule has 0 aromatic heterocycles. The minimum absolute atomic E-state index is 0.0454. The maximum absolute atomic E-state index is 12.4. The number of ether oxygens (including phenoxy) is 3. The summed E-state index contributed by atoms with van der Waals surface area (Å²) in [7, 11) is 1.41. The zero-order chi connectivity index (χ0) is 19.4. The fourth-order valence-corrected chi connectivity index (χ4v) is 2.46. The van der Waals surface area contributed by atoms with Crippen molar-refractivity contribution in [2.75, 3.05) is 7.11 Å². The predicted molar refractivity (Wildman–Crippen MR) is 99.4 cm³/mol. The van der Waals surface area contributed by atoms with E-state index in [4.69, 9.17) is 14.2 Å². The van der Waals surface area contributed by atoms with Crippen LogP contribution in [0.2, 0.25) is 0 Å². The van der Waals surface area contributed by atoms with E-state index in [2.05, 4.69) is 6.58 Å². The van der Waals surface area contributed by atoms with E-state index in [-0.39, 0.29) is 17.2 Å². The Balaban J connectivity index is 1.82. The number of phenolic OH excluding ortho intramolecular Hbond substituents is 1. The molecule has 136 valence electrons. The summed E-state index contributed by atoms with van der Waals surface area (Å²) in [5, 5.41) is 11.2. The van der Waals surface area contributed by atoms with Crippen molar-refractivity contribution in [2.24, 2.45) is 0 Å². The van der Waals surface area contributed by atoms with Crippen molar-refractivity contribution in [2.45, 2.75) is 0 Å². The molecule has 0 aliphatic carbocycles. The maximum atomic E-state index is 12.4. The third-order valence-electron chi connectivity index (χ3n) is 3.79. The summed E-state index contributed by atoms with van der Waals surface area (Å²) in [6.45, 7) is 3.35. The van der Waals surface area contributed by atoms with E-state index in [0.717, 1.165) is 16.8 Å². The van der Waals surface area contributed by atoms with Crippen LogP contribution < -0.4 is 14.2 Å². The zero-order valence-corrected chi connectivity index (χ0v) is 14.5. The van der Waals surface area contributed by atoms with Gasteiger partial charge >= 0.3 is 11.9 Å². The summed E-state index contributed by atoms with van der Waals surface area (Å²) in [5.74, 6) is -0.289. The minimum Gasteiger partial charge on any atom is -0.504 e. The number of hydrogen-bond acceptors (Lipinski definition) is 6. The maximum Gasteiger partial charge on any atom is 0.343 e. The van der Waals surface area contributed by atoms with Gasteiger partial charge in [0.2, 0.25) is 0 Å². The molecule has 0 aliphatic rings. The van der Waals surface area contributed by atoms with E-state index in [0.29, 0.717) is 11.3 Å². The molecule has 0 amide bonds. The summed E-state index contributed by atoms with van der Waals surface area (Å²) >= 11 is 0. The van der Waals surface area contributed by atoms with Gasteiger partial charge in [-0.2, -0.15) is 0 Å². The van der Waals surface area contributed by atoms with Crippen LogP contribution in [0.4, 0.5) is 0 Å². The monoisotopic (exact) mass is 364 g/mol. The fraction of sp³-hybridized carbons (Fsp3) is 0.0476. The van der Waals surface area contributed by atoms with Crippen LogP contribution in [0, 0.1) is 0 Å². The van der Waals surface area contributed by atoms with Gasteiger partial charge in [-0.05, 0) is 47.2 Å². The van der Waals surface area contributed by atoms with Gasteiger partial charge in [0.25, 0.3) is 0 Å². The number of methoxy groups -OCH3 is 1. The molecule has 0 fully saturated rings. The van der Waals surface area contributed by atoms with Crippen LogP contribution in [0.15, 0.2) is 67.3 Å². The molecule has 0 saturated carbocycles. The van der Waals surface area contributed by atoms with Gasteiger partial charge in [0.05, 0.1) is 12.7 Å². The first-order valence-electron chi connectivity index (χ1n) is 7.97. The molecule has 27 heavy (non-hydrogen) atoms. The fourth-order valence-electron chi connectivity index (χ4n) is 2.46. The summed E-state index contributed by atoms with van der Waals surface area (Å²) in [6, 6.07) is 14.4. The predicted octanol–water partition coefficient (Wildman–Crippen LogP) is 3.86. The SMILES string of the molecule is C=CC(=O)Oc1ccc2cc(C(=O)Oc3ccc(O)c(OC)c3)ccc2c1. The van der Waals surface area contributed by atoms with Crippen LogP contribution in [0.25, 0.3) is 10.8 Å². The van der Waals surface area contributed by atoms with Crippen LogP contribution in [0.5, 0.6) is 23.0 Å². The number of fused-ring (bicyclic) bond motifs is 1. The summed E-state index contributed by atoms with van der Waals surface area (Å²) in [6.07, 6.45) is 1.08. The van der Waals surface area contributed by atoms with Crippen molar-refractivity contribution in [3.05, 3.63) is 72.8 Å². The molecular formula is C21H16O6. The lowest BCUT2D eigenvalue weighted by atomic mass is 10.1. The number of carbonyl (C=O) groups is 2. The molecule has 3 aromatic rings. The van der Waals surface area contributed by atoms with Gasteiger partial charge in [-0.25, -0.2) is 9.59 Å². The number of esters is 2. The van der Waals surface area contributed by atoms with Crippen molar-refractivity contribution in [1.82, 2.24) is 0 Å². The van der Waals surface area contributed by atoms with Crippen molar-refractivity contribution >= 4 is 22.7 Å². The highest BCUT2D eigenvalue weighted by atomic mass is 16.5. The molecule has 6 nitrogen and oxygen atoms in total. The van der Waals surface area contributed by atoms with E-state index in [1.54, 1.807) is 36.4 Å². The van der Waals surface area contributed by atoms with Gasteiger partial charge in [-0.15, -0.1) is 0 Å².